The van der Waals surface area contributed by atoms with Crippen molar-refractivity contribution in [1.82, 2.24) is 0 Å². The summed E-state index contributed by atoms with van der Waals surface area (Å²) < 4.78 is 5.10. The van der Waals surface area contributed by atoms with Crippen LogP contribution in [0.15, 0.2) is 41.4 Å². The van der Waals surface area contributed by atoms with Gasteiger partial charge in [0.2, 0.25) is 0 Å². The molecule has 1 N–H and O–H groups in total. The van der Waals surface area contributed by atoms with Crippen LogP contribution in [0.2, 0.25) is 5.02 Å². The number of phenols is 1. The first-order valence-corrected chi connectivity index (χ1v) is 7.64. The quantitative estimate of drug-likeness (QED) is 0.758. The molecule has 0 spiro atoms. The highest BCUT2D eigenvalue weighted by Gasteiger charge is 2.10. The summed E-state index contributed by atoms with van der Waals surface area (Å²) in [6.45, 7) is 4.33. The van der Waals surface area contributed by atoms with Gasteiger partial charge in [0.25, 0.3) is 0 Å². The fraction of sp³-hybridized carbons (Fsp3) is 0.278. The summed E-state index contributed by atoms with van der Waals surface area (Å²) in [6, 6.07) is 11.3. The Morgan fingerprint density at radius 1 is 1.32 bits per heavy atom. The number of para-hydroxylation sites is 1. The molecular weight excluding hydrogens is 298 g/mol. The number of nitrogens with zero attached hydrogens (tertiary/aromatic N) is 1. The zero-order valence-corrected chi connectivity index (χ0v) is 13.8. The van der Waals surface area contributed by atoms with E-state index in [0.717, 1.165) is 12.1 Å². The standard InChI is InChI=1S/C18H20ClNO2/c1-4-12(2)15-7-5-6-8-16(15)20-11-13-9-14(19)10-17(22-3)18(13)21/h5-12,21H,4H2,1-3H3/t12-/m1/s1. The van der Waals surface area contributed by atoms with Gasteiger partial charge in [-0.05, 0) is 30.0 Å². The summed E-state index contributed by atoms with van der Waals surface area (Å²) in [5, 5.41) is 10.6. The summed E-state index contributed by atoms with van der Waals surface area (Å²) in [6.07, 6.45) is 2.66. The number of hydrogen-bond donors (Lipinski definition) is 1. The maximum absolute atomic E-state index is 10.1. The van der Waals surface area contributed by atoms with E-state index in [1.807, 2.05) is 18.2 Å². The van der Waals surface area contributed by atoms with Crippen molar-refractivity contribution in [1.29, 1.82) is 0 Å². The molecule has 2 rings (SSSR count). The Hall–Kier alpha value is -2.00. The van der Waals surface area contributed by atoms with Gasteiger partial charge in [-0.15, -0.1) is 0 Å². The lowest BCUT2D eigenvalue weighted by Crippen LogP contribution is -1.92. The third-order valence-electron chi connectivity index (χ3n) is 3.71. The van der Waals surface area contributed by atoms with E-state index in [1.54, 1.807) is 18.3 Å². The molecule has 4 heteroatoms. The summed E-state index contributed by atoms with van der Waals surface area (Å²) in [7, 11) is 1.49. The van der Waals surface area contributed by atoms with Gasteiger partial charge < -0.3 is 9.84 Å². The van der Waals surface area contributed by atoms with Gasteiger partial charge >= 0.3 is 0 Å². The van der Waals surface area contributed by atoms with Gasteiger partial charge in [-0.1, -0.05) is 43.6 Å². The zero-order chi connectivity index (χ0) is 16.1. The van der Waals surface area contributed by atoms with E-state index in [0.29, 0.717) is 22.3 Å². The maximum atomic E-state index is 10.1. The average molecular weight is 318 g/mol. The highest BCUT2D eigenvalue weighted by atomic mass is 35.5. The summed E-state index contributed by atoms with van der Waals surface area (Å²) >= 11 is 6.03. The van der Waals surface area contributed by atoms with E-state index in [-0.39, 0.29) is 5.75 Å². The van der Waals surface area contributed by atoms with Crippen molar-refractivity contribution in [2.24, 2.45) is 4.99 Å². The van der Waals surface area contributed by atoms with Crippen LogP contribution in [0.1, 0.15) is 37.3 Å². The van der Waals surface area contributed by atoms with E-state index >= 15 is 0 Å². The minimum absolute atomic E-state index is 0.0386. The molecule has 0 bridgehead atoms. The number of halogens is 1. The first-order chi connectivity index (χ1) is 10.6. The number of benzene rings is 2. The van der Waals surface area contributed by atoms with Crippen LogP contribution in [-0.2, 0) is 0 Å². The maximum Gasteiger partial charge on any atom is 0.166 e. The topological polar surface area (TPSA) is 41.8 Å². The molecule has 0 aliphatic carbocycles. The van der Waals surface area contributed by atoms with Crippen molar-refractivity contribution in [3.05, 3.63) is 52.5 Å². The summed E-state index contributed by atoms with van der Waals surface area (Å²) in [4.78, 5) is 4.52. The number of rotatable bonds is 5. The highest BCUT2D eigenvalue weighted by Crippen LogP contribution is 2.33. The molecule has 0 aliphatic rings. The zero-order valence-electron chi connectivity index (χ0n) is 13.0. The fourth-order valence-electron chi connectivity index (χ4n) is 2.23. The Labute approximate surface area is 136 Å². The van der Waals surface area contributed by atoms with Crippen LogP contribution in [0, 0.1) is 0 Å². The molecule has 0 unspecified atom stereocenters. The van der Waals surface area contributed by atoms with Gasteiger partial charge in [-0.25, -0.2) is 0 Å². The van der Waals surface area contributed by atoms with Crippen LogP contribution < -0.4 is 4.74 Å². The molecule has 0 aromatic heterocycles. The van der Waals surface area contributed by atoms with Gasteiger partial charge in [-0.3, -0.25) is 4.99 Å². The number of aliphatic imine (C=N–C) groups is 1. The molecule has 0 saturated heterocycles. The first-order valence-electron chi connectivity index (χ1n) is 7.26. The second-order valence-electron chi connectivity index (χ2n) is 5.17. The highest BCUT2D eigenvalue weighted by molar-refractivity contribution is 6.31. The first kappa shape index (κ1) is 16.4. The molecule has 22 heavy (non-hydrogen) atoms. The molecule has 3 nitrogen and oxygen atoms in total. The Morgan fingerprint density at radius 3 is 2.73 bits per heavy atom. The largest absolute Gasteiger partial charge is 0.504 e. The van der Waals surface area contributed by atoms with Gasteiger partial charge in [-0.2, -0.15) is 0 Å². The van der Waals surface area contributed by atoms with E-state index < -0.39 is 0 Å². The van der Waals surface area contributed by atoms with Crippen LogP contribution >= 0.6 is 11.6 Å². The number of hydrogen-bond acceptors (Lipinski definition) is 3. The molecule has 116 valence electrons. The number of phenolic OH excluding ortho intramolecular Hbond substituents is 1. The molecule has 0 saturated carbocycles. The van der Waals surface area contributed by atoms with Crippen molar-refractivity contribution in [3.63, 3.8) is 0 Å². The summed E-state index contributed by atoms with van der Waals surface area (Å²) in [5.74, 6) is 0.802. The second-order valence-corrected chi connectivity index (χ2v) is 5.61. The van der Waals surface area contributed by atoms with Crippen LogP contribution in [-0.4, -0.2) is 18.4 Å². The molecule has 0 fully saturated rings. The van der Waals surface area contributed by atoms with Gasteiger partial charge in [0.1, 0.15) is 0 Å². The van der Waals surface area contributed by atoms with Crippen molar-refractivity contribution < 1.29 is 9.84 Å². The SMILES string of the molecule is CC[C@@H](C)c1ccccc1N=Cc1cc(Cl)cc(OC)c1O. The average Bonchev–Trinajstić information content (AvgIpc) is 2.54. The third-order valence-corrected chi connectivity index (χ3v) is 3.93. The van der Waals surface area contributed by atoms with E-state index in [9.17, 15) is 5.11 Å². The minimum atomic E-state index is 0.0386. The Balaban J connectivity index is 2.40. The predicted octanol–water partition coefficient (Wildman–Crippen LogP) is 5.32. The van der Waals surface area contributed by atoms with Gasteiger partial charge in [0.15, 0.2) is 11.5 Å². The molecule has 2 aromatic rings. The minimum Gasteiger partial charge on any atom is -0.504 e. The third kappa shape index (κ3) is 3.60. The molecular formula is C18H20ClNO2. The van der Waals surface area contributed by atoms with E-state index in [4.69, 9.17) is 16.3 Å². The van der Waals surface area contributed by atoms with E-state index in [2.05, 4.69) is 24.9 Å². The fourth-order valence-corrected chi connectivity index (χ4v) is 2.45. The van der Waals surface area contributed by atoms with Crippen LogP contribution in [0.5, 0.6) is 11.5 Å². The van der Waals surface area contributed by atoms with E-state index in [1.165, 1.54) is 12.7 Å². The number of methoxy groups -OCH3 is 1. The molecule has 0 amide bonds. The van der Waals surface area contributed by atoms with Gasteiger partial charge in [0, 0.05) is 22.9 Å². The lowest BCUT2D eigenvalue weighted by molar-refractivity contribution is 0.373. The predicted molar refractivity (Wildman–Crippen MR) is 92.1 cm³/mol. The number of aromatic hydroxyl groups is 1. The van der Waals surface area contributed by atoms with Crippen LogP contribution in [0.25, 0.3) is 0 Å². The molecule has 0 radical (unpaired) electrons. The lowest BCUT2D eigenvalue weighted by Gasteiger charge is -2.12. The molecule has 1 atom stereocenters. The van der Waals surface area contributed by atoms with Crippen molar-refractivity contribution in [3.8, 4) is 11.5 Å². The Morgan fingerprint density at radius 2 is 2.05 bits per heavy atom. The van der Waals surface area contributed by atoms with Crippen LogP contribution in [0.3, 0.4) is 0 Å². The van der Waals surface area contributed by atoms with Crippen molar-refractivity contribution in [2.45, 2.75) is 26.2 Å². The normalized spacial score (nSPS) is 12.5. The Bertz CT molecular complexity index is 683. The number of ether oxygens (including phenoxy) is 1. The summed E-state index contributed by atoms with van der Waals surface area (Å²) in [5.41, 5.74) is 2.62. The molecule has 2 aromatic carbocycles. The van der Waals surface area contributed by atoms with Crippen molar-refractivity contribution >= 4 is 23.5 Å². The lowest BCUT2D eigenvalue weighted by atomic mass is 9.97. The molecule has 0 aliphatic heterocycles. The molecule has 0 heterocycles. The Kier molecular flexibility index (Phi) is 5.45. The monoisotopic (exact) mass is 317 g/mol. The van der Waals surface area contributed by atoms with Crippen molar-refractivity contribution in [2.75, 3.05) is 7.11 Å². The van der Waals surface area contributed by atoms with Gasteiger partial charge in [0.05, 0.1) is 12.8 Å². The van der Waals surface area contributed by atoms with Crippen LogP contribution in [0.4, 0.5) is 5.69 Å². The second kappa shape index (κ2) is 7.32. The smallest absolute Gasteiger partial charge is 0.166 e.